The van der Waals surface area contributed by atoms with Gasteiger partial charge in [-0.15, -0.1) is 0 Å². The van der Waals surface area contributed by atoms with Crippen molar-refractivity contribution in [1.29, 1.82) is 0 Å². The van der Waals surface area contributed by atoms with Crippen LogP contribution < -0.4 is 0 Å². The number of rotatable bonds is 5. The van der Waals surface area contributed by atoms with E-state index in [1.54, 1.807) is 13.3 Å². The molecule has 106 valence electrons. The van der Waals surface area contributed by atoms with Gasteiger partial charge in [-0.2, -0.15) is 0 Å². The third-order valence-electron chi connectivity index (χ3n) is 4.35. The summed E-state index contributed by atoms with van der Waals surface area (Å²) in [6.45, 7) is 2.21. The predicted molar refractivity (Wildman–Crippen MR) is 73.9 cm³/mol. The Morgan fingerprint density at radius 3 is 3.00 bits per heavy atom. The van der Waals surface area contributed by atoms with Gasteiger partial charge in [0.05, 0.1) is 0 Å². The molecule has 1 heterocycles. The molecule has 4 nitrogen and oxygen atoms in total. The summed E-state index contributed by atoms with van der Waals surface area (Å²) < 4.78 is 7.60. The lowest BCUT2D eigenvalue weighted by Crippen LogP contribution is -2.44. The van der Waals surface area contributed by atoms with Gasteiger partial charge in [-0.25, -0.2) is 4.98 Å². The monoisotopic (exact) mass is 264 g/mol. The van der Waals surface area contributed by atoms with Crippen LogP contribution in [-0.2, 0) is 23.0 Å². The van der Waals surface area contributed by atoms with Crippen LogP contribution >= 0.6 is 0 Å². The first-order valence-electron chi connectivity index (χ1n) is 7.12. The number of nitrogens with zero attached hydrogens (tertiary/aromatic N) is 2. The topological polar surface area (TPSA) is 44.1 Å². The molecule has 0 aromatic carbocycles. The van der Waals surface area contributed by atoms with Crippen LogP contribution in [0.3, 0.4) is 0 Å². The van der Waals surface area contributed by atoms with Crippen molar-refractivity contribution < 1.29 is 9.53 Å². The van der Waals surface area contributed by atoms with Gasteiger partial charge in [0.15, 0.2) is 5.78 Å². The lowest BCUT2D eigenvalue weighted by molar-refractivity contribution is -0.147. The maximum Gasteiger partial charge on any atom is 0.165 e. The van der Waals surface area contributed by atoms with Gasteiger partial charge in [0, 0.05) is 39.4 Å². The Morgan fingerprint density at radius 1 is 1.63 bits per heavy atom. The Bertz CT molecular complexity index is 441. The Balaban J connectivity index is 1.99. The minimum Gasteiger partial charge on any atom is -0.370 e. The van der Waals surface area contributed by atoms with Crippen molar-refractivity contribution in [3.63, 3.8) is 0 Å². The van der Waals surface area contributed by atoms with E-state index in [1.807, 2.05) is 17.8 Å². The van der Waals surface area contributed by atoms with Crippen LogP contribution in [0.15, 0.2) is 12.4 Å². The molecule has 1 aromatic heterocycles. The number of ether oxygens (including phenoxy) is 1. The molecule has 1 aliphatic rings. The molecule has 1 aliphatic carbocycles. The third-order valence-corrected chi connectivity index (χ3v) is 4.35. The van der Waals surface area contributed by atoms with Crippen LogP contribution in [0.5, 0.6) is 0 Å². The quantitative estimate of drug-likeness (QED) is 0.821. The van der Waals surface area contributed by atoms with Crippen LogP contribution in [0.4, 0.5) is 0 Å². The van der Waals surface area contributed by atoms with Crippen LogP contribution in [0.25, 0.3) is 0 Å². The lowest BCUT2D eigenvalue weighted by Gasteiger charge is -2.37. The van der Waals surface area contributed by atoms with E-state index in [4.69, 9.17) is 4.74 Å². The van der Waals surface area contributed by atoms with E-state index in [9.17, 15) is 4.79 Å². The van der Waals surface area contributed by atoms with Gasteiger partial charge in [0.25, 0.3) is 0 Å². The van der Waals surface area contributed by atoms with Crippen LogP contribution in [0.1, 0.15) is 44.9 Å². The molecule has 1 fully saturated rings. The number of carbonyl (C=O) groups is 1. The van der Waals surface area contributed by atoms with Gasteiger partial charge >= 0.3 is 0 Å². The number of imidazole rings is 1. The van der Waals surface area contributed by atoms with Crippen molar-refractivity contribution in [3.05, 3.63) is 18.2 Å². The van der Waals surface area contributed by atoms with Crippen molar-refractivity contribution in [2.45, 2.75) is 51.0 Å². The maximum atomic E-state index is 12.5. The first-order chi connectivity index (χ1) is 9.07. The van der Waals surface area contributed by atoms with Gasteiger partial charge < -0.3 is 9.30 Å². The third kappa shape index (κ3) is 3.06. The van der Waals surface area contributed by atoms with Crippen molar-refractivity contribution in [2.75, 3.05) is 7.11 Å². The maximum absolute atomic E-state index is 12.5. The van der Waals surface area contributed by atoms with E-state index < -0.39 is 5.60 Å². The van der Waals surface area contributed by atoms with Crippen LogP contribution in [-0.4, -0.2) is 28.0 Å². The van der Waals surface area contributed by atoms with Gasteiger partial charge in [-0.3, -0.25) is 4.79 Å². The molecular weight excluding hydrogens is 240 g/mol. The number of hydrogen-bond acceptors (Lipinski definition) is 3. The first-order valence-corrected chi connectivity index (χ1v) is 7.12. The molecule has 0 bridgehead atoms. The zero-order valence-electron chi connectivity index (χ0n) is 12.2. The molecule has 0 N–H and O–H groups in total. The Labute approximate surface area is 115 Å². The summed E-state index contributed by atoms with van der Waals surface area (Å²) in [4.78, 5) is 16.8. The minimum atomic E-state index is -0.539. The van der Waals surface area contributed by atoms with Crippen LogP contribution in [0, 0.1) is 5.92 Å². The van der Waals surface area contributed by atoms with E-state index >= 15 is 0 Å². The highest BCUT2D eigenvalue weighted by atomic mass is 16.5. The average Bonchev–Trinajstić information content (AvgIpc) is 2.81. The molecule has 4 heteroatoms. The molecule has 0 saturated heterocycles. The van der Waals surface area contributed by atoms with Gasteiger partial charge in [-0.05, 0) is 25.2 Å². The fraction of sp³-hybridized carbons (Fsp3) is 0.733. The molecule has 2 atom stereocenters. The highest BCUT2D eigenvalue weighted by Crippen LogP contribution is 2.36. The summed E-state index contributed by atoms with van der Waals surface area (Å²) >= 11 is 0. The summed E-state index contributed by atoms with van der Waals surface area (Å²) in [5, 5.41) is 0. The number of aryl methyl sites for hydroxylation is 2. The molecule has 2 unspecified atom stereocenters. The highest BCUT2D eigenvalue weighted by molar-refractivity contribution is 5.87. The number of carbonyl (C=O) groups excluding carboxylic acids is 1. The number of Topliss-reactive ketones (excluding diaryl/α,β-unsaturated/α-hetero) is 1. The number of hydrogen-bond donors (Lipinski definition) is 0. The lowest BCUT2D eigenvalue weighted by atomic mass is 9.75. The van der Waals surface area contributed by atoms with Crippen molar-refractivity contribution in [3.8, 4) is 0 Å². The van der Waals surface area contributed by atoms with Crippen molar-refractivity contribution in [2.24, 2.45) is 13.0 Å². The van der Waals surface area contributed by atoms with E-state index in [2.05, 4.69) is 11.9 Å². The molecule has 0 aliphatic heterocycles. The molecule has 0 radical (unpaired) electrons. The summed E-state index contributed by atoms with van der Waals surface area (Å²) in [5.74, 6) is 1.78. The molecule has 2 rings (SSSR count). The fourth-order valence-corrected chi connectivity index (χ4v) is 3.15. The summed E-state index contributed by atoms with van der Waals surface area (Å²) in [6, 6.07) is 0. The van der Waals surface area contributed by atoms with Crippen molar-refractivity contribution >= 4 is 5.78 Å². The smallest absolute Gasteiger partial charge is 0.165 e. The summed E-state index contributed by atoms with van der Waals surface area (Å²) in [6.07, 6.45) is 8.92. The number of ketones is 1. The average molecular weight is 264 g/mol. The SMILES string of the molecule is COC1(C(=O)CCc2nccn2C)CCCC(C)C1. The molecular formula is C15H24N2O2. The summed E-state index contributed by atoms with van der Waals surface area (Å²) in [7, 11) is 3.64. The molecule has 0 spiro atoms. The molecule has 0 amide bonds. The van der Waals surface area contributed by atoms with Gasteiger partial charge in [0.1, 0.15) is 11.4 Å². The Morgan fingerprint density at radius 2 is 2.42 bits per heavy atom. The van der Waals surface area contributed by atoms with E-state index in [0.29, 0.717) is 18.8 Å². The van der Waals surface area contributed by atoms with Gasteiger partial charge in [-0.1, -0.05) is 13.3 Å². The largest absolute Gasteiger partial charge is 0.370 e. The predicted octanol–water partition coefficient (Wildman–Crippen LogP) is 2.52. The number of methoxy groups -OCH3 is 1. The molecule has 1 aromatic rings. The highest BCUT2D eigenvalue weighted by Gasteiger charge is 2.41. The zero-order valence-corrected chi connectivity index (χ0v) is 12.2. The van der Waals surface area contributed by atoms with E-state index in [1.165, 1.54) is 6.42 Å². The second kappa shape index (κ2) is 5.87. The van der Waals surface area contributed by atoms with E-state index in [0.717, 1.165) is 25.1 Å². The fourth-order valence-electron chi connectivity index (χ4n) is 3.15. The second-order valence-corrected chi connectivity index (χ2v) is 5.78. The minimum absolute atomic E-state index is 0.240. The van der Waals surface area contributed by atoms with Crippen LogP contribution in [0.2, 0.25) is 0 Å². The standard InChI is InChI=1S/C15H24N2O2/c1-12-5-4-8-15(11-12,19-3)13(18)6-7-14-16-9-10-17(14)2/h9-10,12H,4-8,11H2,1-3H3. The Kier molecular flexibility index (Phi) is 4.40. The normalized spacial score (nSPS) is 27.4. The van der Waals surface area contributed by atoms with Gasteiger partial charge in [0.2, 0.25) is 0 Å². The molecule has 19 heavy (non-hydrogen) atoms. The first kappa shape index (κ1) is 14.3. The summed E-state index contributed by atoms with van der Waals surface area (Å²) in [5.41, 5.74) is -0.539. The number of aromatic nitrogens is 2. The zero-order chi connectivity index (χ0) is 13.9. The Hall–Kier alpha value is -1.16. The molecule has 1 saturated carbocycles. The van der Waals surface area contributed by atoms with Crippen molar-refractivity contribution in [1.82, 2.24) is 9.55 Å². The van der Waals surface area contributed by atoms with E-state index in [-0.39, 0.29) is 5.78 Å². The second-order valence-electron chi connectivity index (χ2n) is 5.78.